The number of nitrogens with one attached hydrogen (secondary N) is 2. The van der Waals surface area contributed by atoms with E-state index in [4.69, 9.17) is 10.5 Å². The van der Waals surface area contributed by atoms with Gasteiger partial charge in [0.1, 0.15) is 12.4 Å². The largest absolute Gasteiger partial charge is 0.397 e. The van der Waals surface area contributed by atoms with Crippen molar-refractivity contribution in [1.29, 1.82) is 0 Å². The van der Waals surface area contributed by atoms with Gasteiger partial charge in [-0.05, 0) is 31.9 Å². The van der Waals surface area contributed by atoms with Crippen LogP contribution in [0.2, 0.25) is 0 Å². The number of rotatable bonds is 8. The highest BCUT2D eigenvalue weighted by Gasteiger charge is 1.99. The lowest BCUT2D eigenvalue weighted by Crippen LogP contribution is -2.28. The molecule has 0 saturated heterocycles. The van der Waals surface area contributed by atoms with Crippen LogP contribution in [0.25, 0.3) is 0 Å². The SMILES string of the molecule is COCC(=O)NCCCCNc1ccc(N)c(C)n1. The molecule has 0 aliphatic heterocycles. The predicted octanol–water partition coefficient (Wildman–Crippen LogP) is 0.927. The van der Waals surface area contributed by atoms with E-state index >= 15 is 0 Å². The van der Waals surface area contributed by atoms with Crippen molar-refractivity contribution in [2.45, 2.75) is 19.8 Å². The first kappa shape index (κ1) is 15.2. The van der Waals surface area contributed by atoms with E-state index in [1.54, 1.807) is 0 Å². The Morgan fingerprint density at radius 1 is 1.37 bits per heavy atom. The average Bonchev–Trinajstić information content (AvgIpc) is 2.38. The molecular weight excluding hydrogens is 244 g/mol. The van der Waals surface area contributed by atoms with E-state index in [-0.39, 0.29) is 12.5 Å². The van der Waals surface area contributed by atoms with Gasteiger partial charge in [0.25, 0.3) is 0 Å². The van der Waals surface area contributed by atoms with Crippen molar-refractivity contribution in [3.63, 3.8) is 0 Å². The molecular formula is C13H22N4O2. The summed E-state index contributed by atoms with van der Waals surface area (Å²) in [6.07, 6.45) is 1.87. The van der Waals surface area contributed by atoms with Crippen LogP contribution >= 0.6 is 0 Å². The van der Waals surface area contributed by atoms with Gasteiger partial charge in [0.15, 0.2) is 0 Å². The smallest absolute Gasteiger partial charge is 0.245 e. The van der Waals surface area contributed by atoms with E-state index in [1.807, 2.05) is 19.1 Å². The number of nitrogens with two attached hydrogens (primary N) is 1. The van der Waals surface area contributed by atoms with Crippen molar-refractivity contribution in [3.8, 4) is 0 Å². The molecule has 0 fully saturated rings. The molecule has 0 saturated carbocycles. The molecule has 106 valence electrons. The molecule has 0 spiro atoms. The number of hydrogen-bond donors (Lipinski definition) is 3. The number of hydrogen-bond acceptors (Lipinski definition) is 5. The molecule has 1 aromatic rings. The molecule has 1 rings (SSSR count). The Hall–Kier alpha value is -1.82. The highest BCUT2D eigenvalue weighted by atomic mass is 16.5. The lowest BCUT2D eigenvalue weighted by atomic mass is 10.3. The van der Waals surface area contributed by atoms with E-state index in [2.05, 4.69) is 15.6 Å². The first-order valence-electron chi connectivity index (χ1n) is 6.36. The molecule has 0 aromatic carbocycles. The third-order valence-corrected chi connectivity index (χ3v) is 2.63. The molecule has 1 amide bonds. The van der Waals surface area contributed by atoms with Gasteiger partial charge in [0.05, 0.1) is 11.4 Å². The van der Waals surface area contributed by atoms with Crippen LogP contribution in [0.3, 0.4) is 0 Å². The molecule has 0 radical (unpaired) electrons. The summed E-state index contributed by atoms with van der Waals surface area (Å²) >= 11 is 0. The Morgan fingerprint density at radius 3 is 2.79 bits per heavy atom. The van der Waals surface area contributed by atoms with Gasteiger partial charge in [-0.25, -0.2) is 4.98 Å². The fraction of sp³-hybridized carbons (Fsp3) is 0.538. The van der Waals surface area contributed by atoms with Crippen LogP contribution in [-0.2, 0) is 9.53 Å². The molecule has 6 heteroatoms. The van der Waals surface area contributed by atoms with Crippen LogP contribution in [0.15, 0.2) is 12.1 Å². The number of carbonyl (C=O) groups excluding carboxylic acids is 1. The second-order valence-electron chi connectivity index (χ2n) is 4.29. The molecule has 1 heterocycles. The van der Waals surface area contributed by atoms with Crippen LogP contribution in [0.4, 0.5) is 11.5 Å². The fourth-order valence-electron chi connectivity index (χ4n) is 1.55. The average molecular weight is 266 g/mol. The van der Waals surface area contributed by atoms with Gasteiger partial charge in [-0.1, -0.05) is 0 Å². The Labute approximate surface area is 113 Å². The number of carbonyl (C=O) groups is 1. The molecule has 1 aromatic heterocycles. The maximum atomic E-state index is 11.1. The normalized spacial score (nSPS) is 10.2. The molecule has 0 atom stereocenters. The zero-order valence-corrected chi connectivity index (χ0v) is 11.5. The van der Waals surface area contributed by atoms with Crippen LogP contribution in [0.5, 0.6) is 0 Å². The van der Waals surface area contributed by atoms with Crippen molar-refractivity contribution in [2.75, 3.05) is 37.9 Å². The van der Waals surface area contributed by atoms with Gasteiger partial charge in [-0.15, -0.1) is 0 Å². The number of aromatic nitrogens is 1. The van der Waals surface area contributed by atoms with Gasteiger partial charge in [-0.2, -0.15) is 0 Å². The number of aryl methyl sites for hydroxylation is 1. The van der Waals surface area contributed by atoms with Crippen LogP contribution < -0.4 is 16.4 Å². The quantitative estimate of drug-likeness (QED) is 0.609. The maximum absolute atomic E-state index is 11.1. The molecule has 6 nitrogen and oxygen atoms in total. The minimum absolute atomic E-state index is 0.0775. The van der Waals surface area contributed by atoms with Crippen LogP contribution in [0.1, 0.15) is 18.5 Å². The standard InChI is InChI=1S/C13H22N4O2/c1-10-11(14)5-6-12(17-10)15-7-3-4-8-16-13(18)9-19-2/h5-6H,3-4,7-9,14H2,1-2H3,(H,15,17)(H,16,18). The number of anilines is 2. The molecule has 4 N–H and O–H groups in total. The minimum atomic E-state index is -0.0775. The monoisotopic (exact) mass is 266 g/mol. The first-order chi connectivity index (χ1) is 9.13. The summed E-state index contributed by atoms with van der Waals surface area (Å²) in [6.45, 7) is 3.48. The predicted molar refractivity (Wildman–Crippen MR) is 76.0 cm³/mol. The maximum Gasteiger partial charge on any atom is 0.245 e. The van der Waals surface area contributed by atoms with Gasteiger partial charge < -0.3 is 21.1 Å². The Kier molecular flexibility index (Phi) is 6.67. The van der Waals surface area contributed by atoms with Gasteiger partial charge in [0, 0.05) is 20.2 Å². The number of methoxy groups -OCH3 is 1. The minimum Gasteiger partial charge on any atom is -0.397 e. The van der Waals surface area contributed by atoms with E-state index in [1.165, 1.54) is 7.11 Å². The number of unbranched alkanes of at least 4 members (excludes halogenated alkanes) is 1. The van der Waals surface area contributed by atoms with Crippen molar-refractivity contribution in [3.05, 3.63) is 17.8 Å². The van der Waals surface area contributed by atoms with E-state index in [0.717, 1.165) is 30.9 Å². The number of pyridine rings is 1. The van der Waals surface area contributed by atoms with Crippen molar-refractivity contribution in [1.82, 2.24) is 10.3 Å². The number of amides is 1. The molecule has 0 unspecified atom stereocenters. The lowest BCUT2D eigenvalue weighted by molar-refractivity contribution is -0.124. The van der Waals surface area contributed by atoms with Crippen molar-refractivity contribution >= 4 is 17.4 Å². The Balaban J connectivity index is 2.10. The van der Waals surface area contributed by atoms with E-state index in [9.17, 15) is 4.79 Å². The summed E-state index contributed by atoms with van der Waals surface area (Å²) in [7, 11) is 1.51. The van der Waals surface area contributed by atoms with Gasteiger partial charge in [0.2, 0.25) is 5.91 Å². The second kappa shape index (κ2) is 8.31. The fourth-order valence-corrected chi connectivity index (χ4v) is 1.55. The number of ether oxygens (including phenoxy) is 1. The first-order valence-corrected chi connectivity index (χ1v) is 6.36. The van der Waals surface area contributed by atoms with Gasteiger partial charge in [-0.3, -0.25) is 4.79 Å². The summed E-state index contributed by atoms with van der Waals surface area (Å²) in [4.78, 5) is 15.4. The zero-order valence-electron chi connectivity index (χ0n) is 11.5. The van der Waals surface area contributed by atoms with Crippen LogP contribution in [-0.4, -0.2) is 37.7 Å². The molecule has 0 bridgehead atoms. The summed E-state index contributed by atoms with van der Waals surface area (Å²) < 4.78 is 4.72. The third kappa shape index (κ3) is 6.05. The third-order valence-electron chi connectivity index (χ3n) is 2.63. The summed E-state index contributed by atoms with van der Waals surface area (Å²) in [5.74, 6) is 0.751. The molecule has 19 heavy (non-hydrogen) atoms. The summed E-state index contributed by atoms with van der Waals surface area (Å²) in [5.41, 5.74) is 7.23. The number of nitrogens with zero attached hydrogens (tertiary/aromatic N) is 1. The van der Waals surface area contributed by atoms with E-state index in [0.29, 0.717) is 12.2 Å². The number of nitrogen functional groups attached to an aromatic ring is 1. The topological polar surface area (TPSA) is 89.3 Å². The second-order valence-corrected chi connectivity index (χ2v) is 4.29. The highest BCUT2D eigenvalue weighted by Crippen LogP contribution is 2.11. The lowest BCUT2D eigenvalue weighted by Gasteiger charge is -2.08. The van der Waals surface area contributed by atoms with Crippen molar-refractivity contribution in [2.24, 2.45) is 0 Å². The Bertz CT molecular complexity index is 410. The Morgan fingerprint density at radius 2 is 2.11 bits per heavy atom. The van der Waals surface area contributed by atoms with Crippen LogP contribution in [0, 0.1) is 6.92 Å². The summed E-state index contributed by atoms with van der Waals surface area (Å²) in [5, 5.41) is 6.00. The van der Waals surface area contributed by atoms with Gasteiger partial charge >= 0.3 is 0 Å². The molecule has 0 aliphatic carbocycles. The summed E-state index contributed by atoms with van der Waals surface area (Å²) in [6, 6.07) is 3.71. The highest BCUT2D eigenvalue weighted by molar-refractivity contribution is 5.77. The zero-order chi connectivity index (χ0) is 14.1. The molecule has 0 aliphatic rings. The van der Waals surface area contributed by atoms with E-state index < -0.39 is 0 Å². The van der Waals surface area contributed by atoms with Crippen molar-refractivity contribution < 1.29 is 9.53 Å².